The molecule has 2 heterocycles. The van der Waals surface area contributed by atoms with Crippen LogP contribution in [0.5, 0.6) is 0 Å². The molecule has 2 unspecified atom stereocenters. The van der Waals surface area contributed by atoms with E-state index in [1.165, 1.54) is 6.92 Å². The van der Waals surface area contributed by atoms with Crippen molar-refractivity contribution in [2.24, 2.45) is 0 Å². The fourth-order valence-electron chi connectivity index (χ4n) is 3.37. The highest BCUT2D eigenvalue weighted by Crippen LogP contribution is 2.45. The van der Waals surface area contributed by atoms with Crippen molar-refractivity contribution in [3.63, 3.8) is 0 Å². The van der Waals surface area contributed by atoms with E-state index in [2.05, 4.69) is 25.9 Å². The molecule has 4 rings (SSSR count). The largest absolute Gasteiger partial charge is 0.342 e. The number of imidazole rings is 1. The Kier molecular flexibility index (Phi) is 3.38. The average molecular weight is 325 g/mol. The van der Waals surface area contributed by atoms with Crippen molar-refractivity contribution in [2.75, 3.05) is 11.9 Å². The zero-order valence-corrected chi connectivity index (χ0v) is 13.3. The van der Waals surface area contributed by atoms with Gasteiger partial charge in [-0.3, -0.25) is 9.59 Å². The molecule has 7 nitrogen and oxygen atoms in total. The molecule has 4 N–H and O–H groups in total. The van der Waals surface area contributed by atoms with Crippen LogP contribution in [0.4, 0.5) is 5.69 Å². The average Bonchev–Trinajstić information content (AvgIpc) is 3.00. The number of carbonyl (C=O) groups excluding carboxylic acids is 2. The number of nitrogens with one attached hydrogen (secondary N) is 4. The van der Waals surface area contributed by atoms with Crippen LogP contribution in [0.3, 0.4) is 0 Å². The minimum absolute atomic E-state index is 0.0407. The van der Waals surface area contributed by atoms with Gasteiger partial charge in [0.2, 0.25) is 11.8 Å². The number of carbonyl (C=O) groups is 2. The first-order chi connectivity index (χ1) is 11.6. The number of aromatic amines is 1. The van der Waals surface area contributed by atoms with Crippen molar-refractivity contribution < 1.29 is 9.59 Å². The van der Waals surface area contributed by atoms with E-state index in [1.54, 1.807) is 6.20 Å². The lowest BCUT2D eigenvalue weighted by atomic mass is 10.1. The molecule has 2 amide bonds. The Bertz CT molecular complexity index is 815. The van der Waals surface area contributed by atoms with Crippen LogP contribution in [-0.4, -0.2) is 34.4 Å². The van der Waals surface area contributed by atoms with Gasteiger partial charge in [0.15, 0.2) is 0 Å². The molecule has 2 bridgehead atoms. The number of para-hydroxylation sites is 1. The molecule has 2 aromatic rings. The van der Waals surface area contributed by atoms with Gasteiger partial charge in [-0.05, 0) is 12.5 Å². The van der Waals surface area contributed by atoms with E-state index >= 15 is 0 Å². The maximum atomic E-state index is 12.2. The Balaban J connectivity index is 1.79. The number of H-pyrrole nitrogens is 1. The van der Waals surface area contributed by atoms with Crippen LogP contribution in [0.1, 0.15) is 25.6 Å². The second kappa shape index (κ2) is 5.45. The second-order valence-corrected chi connectivity index (χ2v) is 6.35. The van der Waals surface area contributed by atoms with E-state index < -0.39 is 5.54 Å². The number of anilines is 1. The van der Waals surface area contributed by atoms with Gasteiger partial charge in [-0.25, -0.2) is 4.98 Å². The number of amides is 2. The van der Waals surface area contributed by atoms with Gasteiger partial charge >= 0.3 is 0 Å². The normalized spacial score (nSPS) is 25.4. The number of benzene rings is 1. The summed E-state index contributed by atoms with van der Waals surface area (Å²) in [4.78, 5) is 31.6. The topological polar surface area (TPSA) is 98.9 Å². The minimum atomic E-state index is -0.519. The quantitative estimate of drug-likeness (QED) is 0.631. The van der Waals surface area contributed by atoms with Gasteiger partial charge in [-0.15, -0.1) is 0 Å². The number of rotatable bonds is 1. The molecule has 1 fully saturated rings. The maximum Gasteiger partial charge on any atom is 0.225 e. The van der Waals surface area contributed by atoms with E-state index in [0.29, 0.717) is 13.0 Å². The lowest BCUT2D eigenvalue weighted by Crippen LogP contribution is -2.41. The van der Waals surface area contributed by atoms with E-state index in [4.69, 9.17) is 0 Å². The standard InChI is InChI=1S/C17H19N5O2/c1-10(23)22-17-8-14(17)18-7-6-15(24)20-12-5-3-2-4-11(12)13-9-19-16(17)21-13/h2-5,9,14,18H,6-8H2,1H3,(H,19,21)(H,20,24)(H,22,23). The van der Waals surface area contributed by atoms with E-state index in [-0.39, 0.29) is 17.9 Å². The Labute approximate surface area is 139 Å². The highest BCUT2D eigenvalue weighted by molar-refractivity contribution is 5.95. The third-order valence-corrected chi connectivity index (χ3v) is 4.59. The first-order valence-electron chi connectivity index (χ1n) is 8.05. The van der Waals surface area contributed by atoms with Crippen molar-refractivity contribution >= 4 is 17.5 Å². The first-order valence-corrected chi connectivity index (χ1v) is 8.05. The molecular weight excluding hydrogens is 306 g/mol. The molecule has 1 saturated carbocycles. The predicted octanol–water partition coefficient (Wildman–Crippen LogP) is 1.11. The summed E-state index contributed by atoms with van der Waals surface area (Å²) in [6.45, 7) is 2.06. The fourth-order valence-corrected chi connectivity index (χ4v) is 3.37. The van der Waals surface area contributed by atoms with E-state index in [9.17, 15) is 9.59 Å². The highest BCUT2D eigenvalue weighted by Gasteiger charge is 2.58. The van der Waals surface area contributed by atoms with E-state index in [0.717, 1.165) is 29.2 Å². The molecule has 24 heavy (non-hydrogen) atoms. The van der Waals surface area contributed by atoms with Gasteiger partial charge in [-0.1, -0.05) is 18.2 Å². The van der Waals surface area contributed by atoms with Gasteiger partial charge in [0.25, 0.3) is 0 Å². The van der Waals surface area contributed by atoms with Gasteiger partial charge < -0.3 is 20.9 Å². The molecule has 1 aromatic heterocycles. The van der Waals surface area contributed by atoms with Crippen molar-refractivity contribution in [2.45, 2.75) is 31.3 Å². The van der Waals surface area contributed by atoms with E-state index in [1.807, 2.05) is 24.3 Å². The van der Waals surface area contributed by atoms with Gasteiger partial charge in [0, 0.05) is 31.5 Å². The Morgan fingerprint density at radius 2 is 2.21 bits per heavy atom. The molecule has 0 radical (unpaired) electrons. The summed E-state index contributed by atoms with van der Waals surface area (Å²) in [5.41, 5.74) is 1.93. The molecule has 7 heteroatoms. The summed E-state index contributed by atoms with van der Waals surface area (Å²) >= 11 is 0. The monoisotopic (exact) mass is 325 g/mol. The number of fused-ring (bicyclic) bond motifs is 6. The number of aromatic nitrogens is 2. The van der Waals surface area contributed by atoms with Gasteiger partial charge in [0.05, 0.1) is 17.6 Å². The lowest BCUT2D eigenvalue weighted by Gasteiger charge is -2.18. The molecule has 1 aromatic carbocycles. The summed E-state index contributed by atoms with van der Waals surface area (Å²) < 4.78 is 0. The van der Waals surface area contributed by atoms with Crippen LogP contribution in [0.25, 0.3) is 11.3 Å². The first kappa shape index (κ1) is 14.9. The SMILES string of the molecule is CC(=O)NC12CC1NCCC(=O)Nc1ccccc1-c1cnc2[nH]1. The van der Waals surface area contributed by atoms with Crippen LogP contribution < -0.4 is 16.0 Å². The minimum Gasteiger partial charge on any atom is -0.342 e. The van der Waals surface area contributed by atoms with Crippen LogP contribution in [0.2, 0.25) is 0 Å². The smallest absolute Gasteiger partial charge is 0.225 e. The summed E-state index contributed by atoms with van der Waals surface area (Å²) in [5.74, 6) is 0.607. The fraction of sp³-hybridized carbons (Fsp3) is 0.353. The number of hydrogen-bond acceptors (Lipinski definition) is 4. The zero-order chi connectivity index (χ0) is 16.7. The van der Waals surface area contributed by atoms with Crippen molar-refractivity contribution in [1.82, 2.24) is 20.6 Å². The molecule has 1 aliphatic carbocycles. The summed E-state index contributed by atoms with van der Waals surface area (Å²) in [6.07, 6.45) is 2.87. The molecule has 124 valence electrons. The van der Waals surface area contributed by atoms with Crippen LogP contribution in [0.15, 0.2) is 30.5 Å². The summed E-state index contributed by atoms with van der Waals surface area (Å²) in [6, 6.07) is 7.68. The van der Waals surface area contributed by atoms with Gasteiger partial charge in [-0.2, -0.15) is 0 Å². The third-order valence-electron chi connectivity index (χ3n) is 4.59. The molecular formula is C17H19N5O2. The number of hydrogen-bond donors (Lipinski definition) is 4. The Hall–Kier alpha value is -2.67. The highest BCUT2D eigenvalue weighted by atomic mass is 16.2. The van der Waals surface area contributed by atoms with Crippen molar-refractivity contribution in [1.29, 1.82) is 0 Å². The second-order valence-electron chi connectivity index (χ2n) is 6.35. The Morgan fingerprint density at radius 3 is 3.04 bits per heavy atom. The zero-order valence-electron chi connectivity index (χ0n) is 13.3. The van der Waals surface area contributed by atoms with Crippen LogP contribution in [0, 0.1) is 0 Å². The van der Waals surface area contributed by atoms with Crippen LogP contribution >= 0.6 is 0 Å². The molecule has 0 saturated heterocycles. The lowest BCUT2D eigenvalue weighted by molar-refractivity contribution is -0.120. The molecule has 1 aliphatic heterocycles. The summed E-state index contributed by atoms with van der Waals surface area (Å²) in [5, 5.41) is 9.31. The van der Waals surface area contributed by atoms with Gasteiger partial charge in [0.1, 0.15) is 11.4 Å². The third kappa shape index (κ3) is 2.46. The maximum absolute atomic E-state index is 12.2. The van der Waals surface area contributed by atoms with Crippen LogP contribution in [-0.2, 0) is 15.1 Å². The molecule has 0 spiro atoms. The van der Waals surface area contributed by atoms with Crippen molar-refractivity contribution in [3.05, 3.63) is 36.3 Å². The predicted molar refractivity (Wildman–Crippen MR) is 89.2 cm³/mol. The Morgan fingerprint density at radius 1 is 1.38 bits per heavy atom. The molecule has 2 aliphatic rings. The number of nitrogens with zero attached hydrogens (tertiary/aromatic N) is 1. The summed E-state index contributed by atoms with van der Waals surface area (Å²) in [7, 11) is 0. The molecule has 2 atom stereocenters. The van der Waals surface area contributed by atoms with Crippen molar-refractivity contribution in [3.8, 4) is 11.3 Å².